The molecule has 0 fully saturated rings. The summed E-state index contributed by atoms with van der Waals surface area (Å²) < 4.78 is 0. The van der Waals surface area contributed by atoms with Crippen LogP contribution in [0, 0.1) is 0 Å². The van der Waals surface area contributed by atoms with E-state index in [1.54, 1.807) is 6.08 Å². The summed E-state index contributed by atoms with van der Waals surface area (Å²) in [5.74, 6) is 0. The fourth-order valence-corrected chi connectivity index (χ4v) is 0.860. The van der Waals surface area contributed by atoms with Gasteiger partial charge in [0.15, 0.2) is 0 Å². The van der Waals surface area contributed by atoms with Crippen molar-refractivity contribution in [3.8, 4) is 0 Å². The lowest BCUT2D eigenvalue weighted by atomic mass is 10.2. The molecule has 0 aliphatic rings. The van der Waals surface area contributed by atoms with Crippen molar-refractivity contribution in [3.63, 3.8) is 0 Å². The van der Waals surface area contributed by atoms with Gasteiger partial charge in [0.2, 0.25) is 0 Å². The highest BCUT2D eigenvalue weighted by Crippen LogP contribution is 1.94. The Labute approximate surface area is 80.8 Å². The number of unbranched alkanes of at least 4 members (excludes halogenated alkanes) is 2. The van der Waals surface area contributed by atoms with Gasteiger partial charge < -0.3 is 0 Å². The third-order valence-electron chi connectivity index (χ3n) is 1.55. The van der Waals surface area contributed by atoms with E-state index in [-0.39, 0.29) is 0 Å². The smallest absolute Gasteiger partial charge is 0.142 e. The van der Waals surface area contributed by atoms with Gasteiger partial charge in [-0.3, -0.25) is 4.79 Å². The molecule has 0 heterocycles. The van der Waals surface area contributed by atoms with E-state index in [9.17, 15) is 4.79 Å². The third-order valence-corrected chi connectivity index (χ3v) is 1.55. The van der Waals surface area contributed by atoms with Gasteiger partial charge in [-0.25, -0.2) is 0 Å². The molecule has 0 saturated heterocycles. The van der Waals surface area contributed by atoms with Crippen molar-refractivity contribution in [1.29, 1.82) is 0 Å². The Kier molecular flexibility index (Phi) is 9.96. The molecule has 0 atom stereocenters. The van der Waals surface area contributed by atoms with Gasteiger partial charge in [0.1, 0.15) is 6.29 Å². The molecule has 0 aliphatic heterocycles. The largest absolute Gasteiger partial charge is 0.299 e. The van der Waals surface area contributed by atoms with E-state index in [0.717, 1.165) is 25.5 Å². The van der Waals surface area contributed by atoms with Gasteiger partial charge in [-0.15, -0.1) is 0 Å². The summed E-state index contributed by atoms with van der Waals surface area (Å²) in [5, 5.41) is 0. The molecule has 0 spiro atoms. The molecule has 0 rings (SSSR count). The maximum absolute atomic E-state index is 9.90. The molecule has 0 unspecified atom stereocenters. The summed E-state index contributed by atoms with van der Waals surface area (Å²) in [6, 6.07) is 0. The van der Waals surface area contributed by atoms with Gasteiger partial charge in [-0.1, -0.05) is 43.7 Å². The van der Waals surface area contributed by atoms with Crippen molar-refractivity contribution in [2.45, 2.75) is 32.6 Å². The van der Waals surface area contributed by atoms with Crippen molar-refractivity contribution in [2.75, 3.05) is 0 Å². The Morgan fingerprint density at radius 1 is 0.846 bits per heavy atom. The second kappa shape index (κ2) is 10.9. The van der Waals surface area contributed by atoms with Crippen molar-refractivity contribution >= 4 is 6.29 Å². The first kappa shape index (κ1) is 11.9. The highest BCUT2D eigenvalue weighted by molar-refractivity contribution is 5.64. The molecular formula is C12H18O. The summed E-state index contributed by atoms with van der Waals surface area (Å²) in [6.07, 6.45) is 16.9. The molecule has 0 bridgehead atoms. The highest BCUT2D eigenvalue weighted by Gasteiger charge is 1.74. The van der Waals surface area contributed by atoms with Crippen molar-refractivity contribution in [3.05, 3.63) is 36.5 Å². The van der Waals surface area contributed by atoms with E-state index in [1.165, 1.54) is 6.42 Å². The molecular weight excluding hydrogens is 160 g/mol. The summed E-state index contributed by atoms with van der Waals surface area (Å²) in [4.78, 5) is 9.90. The Morgan fingerprint density at radius 2 is 1.38 bits per heavy atom. The van der Waals surface area contributed by atoms with Crippen LogP contribution < -0.4 is 0 Å². The van der Waals surface area contributed by atoms with E-state index in [0.29, 0.717) is 0 Å². The number of hydrogen-bond acceptors (Lipinski definition) is 1. The lowest BCUT2D eigenvalue weighted by molar-refractivity contribution is -0.104. The normalized spacial score (nSPS) is 12.1. The Balaban J connectivity index is 3.30. The van der Waals surface area contributed by atoms with E-state index >= 15 is 0 Å². The number of allylic oxidation sites excluding steroid dienone is 6. The van der Waals surface area contributed by atoms with Crippen molar-refractivity contribution < 1.29 is 4.79 Å². The molecule has 0 aromatic heterocycles. The molecule has 0 aromatic rings. The van der Waals surface area contributed by atoms with Crippen LogP contribution in [0.5, 0.6) is 0 Å². The van der Waals surface area contributed by atoms with E-state index < -0.39 is 0 Å². The Bertz CT molecular complexity index is 187. The zero-order valence-electron chi connectivity index (χ0n) is 8.28. The lowest BCUT2D eigenvalue weighted by Gasteiger charge is -1.84. The second-order valence-corrected chi connectivity index (χ2v) is 2.79. The zero-order valence-corrected chi connectivity index (χ0v) is 8.28. The van der Waals surface area contributed by atoms with Gasteiger partial charge in [0.05, 0.1) is 0 Å². The first-order chi connectivity index (χ1) is 6.41. The first-order valence-electron chi connectivity index (χ1n) is 4.83. The quantitative estimate of drug-likeness (QED) is 0.252. The molecule has 1 heteroatoms. The fourth-order valence-electron chi connectivity index (χ4n) is 0.860. The molecule has 0 saturated carbocycles. The van der Waals surface area contributed by atoms with Crippen LogP contribution in [0.1, 0.15) is 32.6 Å². The van der Waals surface area contributed by atoms with E-state index in [1.807, 2.05) is 6.08 Å². The standard InChI is InChI=1S/C12H18O/c1-2-3-4-5-6-7-8-9-10-11-12-13/h4-7,10-12H,2-3,8-9H2,1H3/b5-4+,7-6+,11-10+. The number of rotatable bonds is 7. The van der Waals surface area contributed by atoms with Gasteiger partial charge in [-0.2, -0.15) is 0 Å². The number of hydrogen-bond donors (Lipinski definition) is 0. The van der Waals surface area contributed by atoms with Crippen LogP contribution in [0.15, 0.2) is 36.5 Å². The topological polar surface area (TPSA) is 17.1 Å². The predicted octanol–water partition coefficient (Wildman–Crippen LogP) is 3.43. The van der Waals surface area contributed by atoms with Gasteiger partial charge in [0, 0.05) is 0 Å². The van der Waals surface area contributed by atoms with Crippen LogP contribution in [0.3, 0.4) is 0 Å². The summed E-state index contributed by atoms with van der Waals surface area (Å²) in [6.45, 7) is 2.16. The molecule has 0 radical (unpaired) electrons. The Hall–Kier alpha value is -1.11. The molecule has 0 N–H and O–H groups in total. The highest BCUT2D eigenvalue weighted by atomic mass is 16.1. The van der Waals surface area contributed by atoms with E-state index in [4.69, 9.17) is 0 Å². The SMILES string of the molecule is CCC/C=C/C=C/CC/C=C/C=O. The van der Waals surface area contributed by atoms with Crippen molar-refractivity contribution in [1.82, 2.24) is 0 Å². The average Bonchev–Trinajstić information content (AvgIpc) is 2.16. The van der Waals surface area contributed by atoms with Crippen LogP contribution in [-0.4, -0.2) is 6.29 Å². The van der Waals surface area contributed by atoms with Crippen LogP contribution in [0.25, 0.3) is 0 Å². The second-order valence-electron chi connectivity index (χ2n) is 2.79. The number of aldehydes is 1. The molecule has 1 nitrogen and oxygen atoms in total. The van der Waals surface area contributed by atoms with E-state index in [2.05, 4.69) is 31.2 Å². The van der Waals surface area contributed by atoms with Crippen molar-refractivity contribution in [2.24, 2.45) is 0 Å². The lowest BCUT2D eigenvalue weighted by Crippen LogP contribution is -1.65. The van der Waals surface area contributed by atoms with Crippen LogP contribution >= 0.6 is 0 Å². The molecule has 0 aliphatic carbocycles. The maximum atomic E-state index is 9.90. The molecule has 72 valence electrons. The first-order valence-corrected chi connectivity index (χ1v) is 4.83. The Morgan fingerprint density at radius 3 is 1.92 bits per heavy atom. The predicted molar refractivity (Wildman–Crippen MR) is 57.6 cm³/mol. The van der Waals surface area contributed by atoms with Gasteiger partial charge >= 0.3 is 0 Å². The van der Waals surface area contributed by atoms with Crippen LogP contribution in [-0.2, 0) is 4.79 Å². The minimum Gasteiger partial charge on any atom is -0.299 e. The number of carbonyl (C=O) groups excluding carboxylic acids is 1. The molecule has 13 heavy (non-hydrogen) atoms. The summed E-state index contributed by atoms with van der Waals surface area (Å²) in [7, 11) is 0. The van der Waals surface area contributed by atoms with Crippen LogP contribution in [0.2, 0.25) is 0 Å². The van der Waals surface area contributed by atoms with Crippen LogP contribution in [0.4, 0.5) is 0 Å². The molecule has 0 aromatic carbocycles. The van der Waals surface area contributed by atoms with Gasteiger partial charge in [0.25, 0.3) is 0 Å². The number of carbonyl (C=O) groups is 1. The van der Waals surface area contributed by atoms with Gasteiger partial charge in [-0.05, 0) is 25.3 Å². The summed E-state index contributed by atoms with van der Waals surface area (Å²) >= 11 is 0. The summed E-state index contributed by atoms with van der Waals surface area (Å²) in [5.41, 5.74) is 0. The zero-order chi connectivity index (χ0) is 9.78. The minimum atomic E-state index is 0.810. The average molecular weight is 178 g/mol. The maximum Gasteiger partial charge on any atom is 0.142 e. The molecule has 0 amide bonds. The third kappa shape index (κ3) is 10.9. The monoisotopic (exact) mass is 178 g/mol. The minimum absolute atomic E-state index is 0.810. The fraction of sp³-hybridized carbons (Fsp3) is 0.417.